The van der Waals surface area contributed by atoms with Gasteiger partial charge >= 0.3 is 6.03 Å². The van der Waals surface area contributed by atoms with E-state index in [0.717, 1.165) is 17.1 Å². The molecule has 2 N–H and O–H groups in total. The second-order valence-corrected chi connectivity index (χ2v) is 7.79. The van der Waals surface area contributed by atoms with Crippen molar-refractivity contribution in [2.75, 3.05) is 12.0 Å². The van der Waals surface area contributed by atoms with Crippen LogP contribution in [-0.4, -0.2) is 32.5 Å². The van der Waals surface area contributed by atoms with E-state index in [2.05, 4.69) is 10.6 Å². The summed E-state index contributed by atoms with van der Waals surface area (Å²) in [7, 11) is -3.01. The zero-order valence-corrected chi connectivity index (χ0v) is 14.0. The second kappa shape index (κ2) is 6.98. The van der Waals surface area contributed by atoms with Gasteiger partial charge in [0.2, 0.25) is 0 Å². The fourth-order valence-electron chi connectivity index (χ4n) is 2.08. The van der Waals surface area contributed by atoms with E-state index < -0.39 is 9.84 Å². The Balaban J connectivity index is 2.48. The number of carbonyl (C=O) groups excluding carboxylic acids is 1. The first-order valence-electron chi connectivity index (χ1n) is 6.90. The van der Waals surface area contributed by atoms with Gasteiger partial charge < -0.3 is 15.1 Å². The third kappa shape index (κ3) is 6.20. The highest BCUT2D eigenvalue weighted by Gasteiger charge is 2.16. The monoisotopic (exact) mass is 316 g/mol. The van der Waals surface area contributed by atoms with Gasteiger partial charge in [-0.2, -0.15) is 0 Å². The van der Waals surface area contributed by atoms with E-state index >= 15 is 0 Å². The number of urea groups is 1. The van der Waals surface area contributed by atoms with E-state index in [1.165, 1.54) is 6.26 Å². The Bertz CT molecular complexity index is 592. The van der Waals surface area contributed by atoms with Crippen molar-refractivity contribution in [3.05, 3.63) is 23.2 Å². The van der Waals surface area contributed by atoms with Crippen LogP contribution in [0.1, 0.15) is 43.4 Å². The molecule has 1 aromatic heterocycles. The van der Waals surface area contributed by atoms with E-state index in [9.17, 15) is 13.2 Å². The molecule has 0 bridgehead atoms. The minimum atomic E-state index is -3.01. The van der Waals surface area contributed by atoms with Gasteiger partial charge in [-0.3, -0.25) is 0 Å². The molecule has 2 atom stereocenters. The summed E-state index contributed by atoms with van der Waals surface area (Å²) in [6.07, 6.45) is 1.58. The molecule has 0 saturated carbocycles. The summed E-state index contributed by atoms with van der Waals surface area (Å²) in [5.41, 5.74) is 0.937. The Morgan fingerprint density at radius 1 is 1.29 bits per heavy atom. The maximum Gasteiger partial charge on any atom is 0.315 e. The molecule has 120 valence electrons. The van der Waals surface area contributed by atoms with Crippen molar-refractivity contribution in [3.63, 3.8) is 0 Å². The average Bonchev–Trinajstić information content (AvgIpc) is 2.65. The maximum atomic E-state index is 11.9. The Morgan fingerprint density at radius 3 is 2.38 bits per heavy atom. The summed E-state index contributed by atoms with van der Waals surface area (Å²) in [4.78, 5) is 11.9. The van der Waals surface area contributed by atoms with Crippen molar-refractivity contribution in [1.82, 2.24) is 10.6 Å². The molecule has 2 amide bonds. The number of hydrogen-bond acceptors (Lipinski definition) is 4. The molecule has 0 unspecified atom stereocenters. The zero-order valence-electron chi connectivity index (χ0n) is 13.2. The van der Waals surface area contributed by atoms with Crippen LogP contribution in [0.5, 0.6) is 0 Å². The number of carbonyl (C=O) groups is 1. The lowest BCUT2D eigenvalue weighted by molar-refractivity contribution is 0.234. The number of furan rings is 1. The summed E-state index contributed by atoms with van der Waals surface area (Å²) in [5.74, 6) is 1.65. The number of rotatable bonds is 6. The van der Waals surface area contributed by atoms with E-state index in [0.29, 0.717) is 6.42 Å². The van der Waals surface area contributed by atoms with Crippen LogP contribution in [0.4, 0.5) is 4.79 Å². The van der Waals surface area contributed by atoms with E-state index in [4.69, 9.17) is 4.42 Å². The van der Waals surface area contributed by atoms with Crippen molar-refractivity contribution in [2.45, 2.75) is 46.2 Å². The minimum Gasteiger partial charge on any atom is -0.466 e. The number of amides is 2. The lowest BCUT2D eigenvalue weighted by Crippen LogP contribution is -2.42. The molecule has 0 aliphatic heterocycles. The Kier molecular flexibility index (Phi) is 5.83. The highest BCUT2D eigenvalue weighted by atomic mass is 32.2. The van der Waals surface area contributed by atoms with Gasteiger partial charge in [0.25, 0.3) is 0 Å². The molecule has 0 aliphatic rings. The van der Waals surface area contributed by atoms with E-state index in [1.54, 1.807) is 6.92 Å². The first-order chi connectivity index (χ1) is 9.58. The molecule has 21 heavy (non-hydrogen) atoms. The maximum absolute atomic E-state index is 11.9. The largest absolute Gasteiger partial charge is 0.466 e. The van der Waals surface area contributed by atoms with Gasteiger partial charge in [0.05, 0.1) is 11.8 Å². The minimum absolute atomic E-state index is 0.0596. The topological polar surface area (TPSA) is 88.4 Å². The zero-order chi connectivity index (χ0) is 16.2. The van der Waals surface area contributed by atoms with Gasteiger partial charge in [0.15, 0.2) is 0 Å². The molecule has 0 saturated heterocycles. The van der Waals surface area contributed by atoms with Crippen LogP contribution in [-0.2, 0) is 9.84 Å². The van der Waals surface area contributed by atoms with Crippen LogP contribution in [0.3, 0.4) is 0 Å². The lowest BCUT2D eigenvalue weighted by Gasteiger charge is -2.17. The second-order valence-electron chi connectivity index (χ2n) is 5.53. The Hall–Kier alpha value is -1.50. The van der Waals surface area contributed by atoms with Gasteiger partial charge in [-0.05, 0) is 40.2 Å². The van der Waals surface area contributed by atoms with Crippen molar-refractivity contribution in [2.24, 2.45) is 0 Å². The Labute approximate surface area is 126 Å². The van der Waals surface area contributed by atoms with Gasteiger partial charge in [0, 0.05) is 17.9 Å². The molecule has 0 radical (unpaired) electrons. The van der Waals surface area contributed by atoms with Crippen LogP contribution in [0.25, 0.3) is 0 Å². The van der Waals surface area contributed by atoms with Crippen molar-refractivity contribution >= 4 is 15.9 Å². The molecular formula is C14H24N2O4S. The summed E-state index contributed by atoms with van der Waals surface area (Å²) >= 11 is 0. The van der Waals surface area contributed by atoms with Crippen molar-refractivity contribution in [1.29, 1.82) is 0 Å². The first-order valence-corrected chi connectivity index (χ1v) is 8.96. The Morgan fingerprint density at radius 2 is 1.90 bits per heavy atom. The highest BCUT2D eigenvalue weighted by Crippen LogP contribution is 2.20. The summed E-state index contributed by atoms with van der Waals surface area (Å²) < 4.78 is 27.6. The predicted octanol–water partition coefficient (Wildman–Crippen LogP) is 2.08. The third-order valence-corrected chi connectivity index (χ3v) is 4.17. The van der Waals surface area contributed by atoms with E-state index in [1.807, 2.05) is 26.8 Å². The molecule has 7 heteroatoms. The van der Waals surface area contributed by atoms with Crippen LogP contribution in [0, 0.1) is 13.8 Å². The number of nitrogens with one attached hydrogen (secondary N) is 2. The van der Waals surface area contributed by atoms with Crippen molar-refractivity contribution < 1.29 is 17.6 Å². The summed E-state index contributed by atoms with van der Waals surface area (Å²) in [5, 5.41) is 5.55. The van der Waals surface area contributed by atoms with Gasteiger partial charge in [0.1, 0.15) is 21.4 Å². The van der Waals surface area contributed by atoms with Crippen LogP contribution in [0.15, 0.2) is 10.5 Å². The number of sulfone groups is 1. The van der Waals surface area contributed by atoms with Crippen molar-refractivity contribution in [3.8, 4) is 0 Å². The van der Waals surface area contributed by atoms with Gasteiger partial charge in [-0.25, -0.2) is 13.2 Å². The molecule has 1 aromatic rings. The molecular weight excluding hydrogens is 292 g/mol. The number of aryl methyl sites for hydroxylation is 2. The van der Waals surface area contributed by atoms with Crippen LogP contribution >= 0.6 is 0 Å². The van der Waals surface area contributed by atoms with Crippen LogP contribution < -0.4 is 10.6 Å². The van der Waals surface area contributed by atoms with Gasteiger partial charge in [-0.15, -0.1) is 0 Å². The SMILES string of the molecule is Cc1cc([C@@H](C)NC(=O)N[C@H](C)CCS(C)(=O)=O)c(C)o1. The smallest absolute Gasteiger partial charge is 0.315 e. The highest BCUT2D eigenvalue weighted by molar-refractivity contribution is 7.90. The first kappa shape index (κ1) is 17.6. The molecule has 6 nitrogen and oxygen atoms in total. The predicted molar refractivity (Wildman–Crippen MR) is 82.1 cm³/mol. The summed E-state index contributed by atoms with van der Waals surface area (Å²) in [6.45, 7) is 7.37. The normalized spacial score (nSPS) is 14.5. The third-order valence-electron chi connectivity index (χ3n) is 3.19. The standard InChI is InChI=1S/C14H24N2O4S/c1-9(6-7-21(5,18)19)15-14(17)16-11(3)13-8-10(2)20-12(13)4/h8-9,11H,6-7H2,1-5H3,(H2,15,16,17)/t9-,11-/m1/s1. The van der Waals surface area contributed by atoms with E-state index in [-0.39, 0.29) is 23.9 Å². The quantitative estimate of drug-likeness (QED) is 0.841. The molecule has 0 aromatic carbocycles. The summed E-state index contributed by atoms with van der Waals surface area (Å²) in [6, 6.07) is 1.19. The number of hydrogen-bond donors (Lipinski definition) is 2. The fourth-order valence-corrected chi connectivity index (χ4v) is 2.86. The lowest BCUT2D eigenvalue weighted by atomic mass is 10.1. The molecule has 0 spiro atoms. The fraction of sp³-hybridized carbons (Fsp3) is 0.643. The molecule has 1 heterocycles. The molecule has 0 fully saturated rings. The van der Waals surface area contributed by atoms with Crippen LogP contribution in [0.2, 0.25) is 0 Å². The molecule has 1 rings (SSSR count). The average molecular weight is 316 g/mol. The van der Waals surface area contributed by atoms with Gasteiger partial charge in [-0.1, -0.05) is 0 Å². The molecule has 0 aliphatic carbocycles.